The van der Waals surface area contributed by atoms with Gasteiger partial charge >= 0.3 is 6.85 Å². The van der Waals surface area contributed by atoms with Crippen molar-refractivity contribution in [2.24, 2.45) is 0 Å². The third-order valence-electron chi connectivity index (χ3n) is 16.8. The first-order valence-corrected chi connectivity index (χ1v) is 26.1. The number of thiophene rings is 2. The van der Waals surface area contributed by atoms with Gasteiger partial charge in [0.1, 0.15) is 12.4 Å². The van der Waals surface area contributed by atoms with Crippen LogP contribution < -0.4 is 20.5 Å². The first kappa shape index (κ1) is 39.6. The molecular formula is C62H51BN2OS2. The van der Waals surface area contributed by atoms with Crippen molar-refractivity contribution >= 4 is 114 Å². The second kappa shape index (κ2) is 13.0. The number of aromatic nitrogens is 1. The van der Waals surface area contributed by atoms with Gasteiger partial charge in [-0.2, -0.15) is 0 Å². The van der Waals surface area contributed by atoms with E-state index < -0.39 is 0 Å². The minimum absolute atomic E-state index is 0.0330. The lowest BCUT2D eigenvalue weighted by molar-refractivity contribution is 0.302. The van der Waals surface area contributed by atoms with E-state index in [1.54, 1.807) is 0 Å². The summed E-state index contributed by atoms with van der Waals surface area (Å²) in [4.78, 5) is 2.73. The summed E-state index contributed by atoms with van der Waals surface area (Å²) < 4.78 is 14.7. The quantitative estimate of drug-likeness (QED) is 0.153. The van der Waals surface area contributed by atoms with Gasteiger partial charge in [-0.15, -0.1) is 22.7 Å². The molecule has 0 N–H and O–H groups in total. The van der Waals surface area contributed by atoms with Crippen LogP contribution in [-0.4, -0.2) is 11.4 Å². The fourth-order valence-electron chi connectivity index (χ4n) is 13.1. The Hall–Kier alpha value is -6.34. The Morgan fingerprint density at radius 1 is 0.588 bits per heavy atom. The molecule has 68 heavy (non-hydrogen) atoms. The number of aryl methyl sites for hydroxylation is 1. The van der Waals surface area contributed by atoms with Gasteiger partial charge in [0, 0.05) is 85.4 Å². The Labute approximate surface area is 405 Å². The summed E-state index contributed by atoms with van der Waals surface area (Å²) in [6.07, 6.45) is 2.41. The molecule has 0 spiro atoms. The lowest BCUT2D eigenvalue weighted by atomic mass is 9.43. The zero-order chi connectivity index (χ0) is 45.9. The molecule has 8 aromatic carbocycles. The minimum Gasteiger partial charge on any atom is -0.488 e. The fraction of sp³-hybridized carbons (Fsp3) is 0.226. The van der Waals surface area contributed by atoms with E-state index >= 15 is 0 Å². The molecule has 0 atom stereocenters. The molecule has 1 aliphatic carbocycles. The summed E-state index contributed by atoms with van der Waals surface area (Å²) in [6.45, 7) is 19.6. The Balaban J connectivity index is 1.10. The molecule has 3 aliphatic heterocycles. The third kappa shape index (κ3) is 5.15. The minimum atomic E-state index is -0.0857. The van der Waals surface area contributed by atoms with Crippen molar-refractivity contribution in [2.75, 3.05) is 4.81 Å². The maximum atomic E-state index is 6.66. The molecular weight excluding hydrogens is 864 g/mol. The second-order valence-electron chi connectivity index (χ2n) is 22.7. The summed E-state index contributed by atoms with van der Waals surface area (Å²) in [5.74, 6) is 0.958. The van der Waals surface area contributed by atoms with Crippen LogP contribution in [0.5, 0.6) is 5.75 Å². The third-order valence-corrected chi connectivity index (χ3v) is 19.0. The van der Waals surface area contributed by atoms with Crippen LogP contribution in [0.15, 0.2) is 127 Å². The summed E-state index contributed by atoms with van der Waals surface area (Å²) in [7, 11) is 0. The highest BCUT2D eigenvalue weighted by molar-refractivity contribution is 7.26. The van der Waals surface area contributed by atoms with Gasteiger partial charge < -0.3 is 14.1 Å². The van der Waals surface area contributed by atoms with Crippen molar-refractivity contribution < 1.29 is 4.74 Å². The smallest absolute Gasteiger partial charge is 0.333 e. The van der Waals surface area contributed by atoms with Crippen LogP contribution in [0.25, 0.3) is 90.1 Å². The number of hydrogen-bond donors (Lipinski definition) is 0. The molecule has 6 heterocycles. The number of hydrogen-bond acceptors (Lipinski definition) is 4. The average molecular weight is 915 g/mol. The van der Waals surface area contributed by atoms with Gasteiger partial charge in [0.25, 0.3) is 0 Å². The van der Waals surface area contributed by atoms with Crippen molar-refractivity contribution in [1.29, 1.82) is 0 Å². The number of anilines is 2. The first-order chi connectivity index (χ1) is 32.7. The second-order valence-corrected chi connectivity index (χ2v) is 24.9. The van der Waals surface area contributed by atoms with Crippen LogP contribution in [0.1, 0.15) is 89.1 Å². The Bertz CT molecular complexity index is 4100. The molecule has 11 aromatic rings. The van der Waals surface area contributed by atoms with E-state index in [9.17, 15) is 0 Å². The topological polar surface area (TPSA) is 17.4 Å². The highest BCUT2D eigenvalue weighted by Crippen LogP contribution is 2.54. The number of fused-ring (bicyclic) bond motifs is 18. The molecule has 15 rings (SSSR count). The standard InChI is InChI=1S/C62H51BN2OS2/c1-33-23-44-39-28-54-43(41-25-46-47(29-55(41)68-54)62(7,8)22-21-61(46,5)6)27-50(39)65(36-19-17-35(18-20-36)60(2,3)4)63-48-26-42-38-15-11-12-16-53(38)67-56(42)31-51(48)64-49-30-52-40(24-45(49)57(33)59(64)58(44)63)37-14-10-9-13-34(37)32-66-52/h9-20,23-31H,21-22,32H2,1-8H3. The number of nitrogens with zero attached hydrogens (tertiary/aromatic N) is 2. The molecule has 3 aromatic heterocycles. The Kier molecular flexibility index (Phi) is 7.60. The largest absolute Gasteiger partial charge is 0.488 e. The van der Waals surface area contributed by atoms with Crippen LogP contribution >= 0.6 is 22.7 Å². The maximum Gasteiger partial charge on any atom is 0.333 e. The van der Waals surface area contributed by atoms with Crippen molar-refractivity contribution in [2.45, 2.75) is 91.1 Å². The van der Waals surface area contributed by atoms with Crippen molar-refractivity contribution in [3.05, 3.63) is 155 Å². The molecule has 6 heteroatoms. The van der Waals surface area contributed by atoms with E-state index in [1.807, 2.05) is 22.7 Å². The molecule has 0 saturated heterocycles. The summed E-state index contributed by atoms with van der Waals surface area (Å²) in [5, 5.41) is 8.02. The zero-order valence-corrected chi connectivity index (χ0v) is 41.6. The van der Waals surface area contributed by atoms with Gasteiger partial charge in [-0.25, -0.2) is 0 Å². The molecule has 0 bridgehead atoms. The molecule has 330 valence electrons. The normalized spacial score (nSPS) is 16.4. The van der Waals surface area contributed by atoms with Crippen molar-refractivity contribution in [1.82, 2.24) is 4.57 Å². The van der Waals surface area contributed by atoms with Gasteiger partial charge in [-0.3, -0.25) is 0 Å². The first-order valence-electron chi connectivity index (χ1n) is 24.5. The van der Waals surface area contributed by atoms with E-state index in [0.29, 0.717) is 6.61 Å². The molecule has 0 saturated carbocycles. The molecule has 4 aliphatic rings. The predicted molar refractivity (Wildman–Crippen MR) is 294 cm³/mol. The number of ether oxygens (including phenoxy) is 1. The lowest BCUT2D eigenvalue weighted by Gasteiger charge is -2.42. The van der Waals surface area contributed by atoms with Crippen LogP contribution in [0.3, 0.4) is 0 Å². The van der Waals surface area contributed by atoms with Gasteiger partial charge in [-0.1, -0.05) is 115 Å². The van der Waals surface area contributed by atoms with Gasteiger partial charge in [-0.05, 0) is 140 Å². The molecule has 0 unspecified atom stereocenters. The average Bonchev–Trinajstić information content (AvgIpc) is 3.99. The van der Waals surface area contributed by atoms with Gasteiger partial charge in [0.2, 0.25) is 0 Å². The highest BCUT2D eigenvalue weighted by atomic mass is 32.1. The van der Waals surface area contributed by atoms with E-state index in [0.717, 1.165) is 5.75 Å². The van der Waals surface area contributed by atoms with E-state index in [1.165, 1.54) is 153 Å². The summed E-state index contributed by atoms with van der Waals surface area (Å²) in [5.41, 5.74) is 21.3. The number of benzene rings is 8. The molecule has 3 nitrogen and oxygen atoms in total. The maximum absolute atomic E-state index is 6.66. The van der Waals surface area contributed by atoms with Crippen molar-refractivity contribution in [3.63, 3.8) is 0 Å². The fourth-order valence-corrected chi connectivity index (χ4v) is 15.3. The molecule has 0 amide bonds. The van der Waals surface area contributed by atoms with E-state index in [-0.39, 0.29) is 23.1 Å². The molecule has 0 fully saturated rings. The van der Waals surface area contributed by atoms with Gasteiger partial charge in [0.05, 0.1) is 11.0 Å². The van der Waals surface area contributed by atoms with Crippen LogP contribution in [-0.2, 0) is 22.9 Å². The molecule has 0 radical (unpaired) electrons. The highest BCUT2D eigenvalue weighted by Gasteiger charge is 2.45. The van der Waals surface area contributed by atoms with E-state index in [2.05, 4.69) is 192 Å². The van der Waals surface area contributed by atoms with Crippen molar-refractivity contribution in [3.8, 4) is 33.7 Å². The summed E-state index contributed by atoms with van der Waals surface area (Å²) in [6, 6.07) is 50.1. The van der Waals surface area contributed by atoms with Gasteiger partial charge in [0.15, 0.2) is 0 Å². The Morgan fingerprint density at radius 2 is 1.28 bits per heavy atom. The zero-order valence-electron chi connectivity index (χ0n) is 39.9. The van der Waals surface area contributed by atoms with Crippen LogP contribution in [0, 0.1) is 6.92 Å². The number of rotatable bonds is 1. The van der Waals surface area contributed by atoms with E-state index in [4.69, 9.17) is 4.74 Å². The SMILES string of the molecule is Cc1cc2c3c4c1c1cc5c(cc1n4-c1cc4sc6ccccc6c4cc1B3N(c1ccc(C(C)(C)C)cc1)c1cc3c(cc1-2)sc1cc2c(cc13)C(C)(C)CCC2(C)C)OCc1ccccc1-5. The monoisotopic (exact) mass is 914 g/mol. The van der Waals surface area contributed by atoms with Crippen LogP contribution in [0.4, 0.5) is 11.4 Å². The lowest BCUT2D eigenvalue weighted by Crippen LogP contribution is -2.60. The summed E-state index contributed by atoms with van der Waals surface area (Å²) >= 11 is 3.89. The predicted octanol–water partition coefficient (Wildman–Crippen LogP) is 16.3. The Morgan fingerprint density at radius 3 is 2.09 bits per heavy atom. The van der Waals surface area contributed by atoms with Crippen LogP contribution in [0.2, 0.25) is 0 Å².